The normalized spacial score (nSPS) is 15.1. The molecule has 1 aliphatic rings. The van der Waals surface area contributed by atoms with E-state index in [4.69, 9.17) is 23.7 Å². The third-order valence-corrected chi connectivity index (χ3v) is 7.12. The molecule has 0 radical (unpaired) electrons. The molecule has 1 aliphatic heterocycles. The van der Waals surface area contributed by atoms with Crippen LogP contribution in [0.2, 0.25) is 0 Å². The van der Waals surface area contributed by atoms with E-state index in [2.05, 4.69) is 37.1 Å². The van der Waals surface area contributed by atoms with Gasteiger partial charge < -0.3 is 39.4 Å². The SMILES string of the molecule is CCOc1cc([C@H]2NC(=O)NC(C)=C2C(=O)OC)ccc1OC[C@H](O)N/N=C/c1cc(Br)cc(OC)c1OCc1ccc(F)cc1. The molecule has 0 saturated carbocycles. The summed E-state index contributed by atoms with van der Waals surface area (Å²) in [6.45, 7) is 3.68. The Labute approximate surface area is 273 Å². The summed E-state index contributed by atoms with van der Waals surface area (Å²) in [4.78, 5) is 24.6. The Morgan fingerprint density at radius 1 is 1.09 bits per heavy atom. The van der Waals surface area contributed by atoms with Crippen molar-refractivity contribution in [2.75, 3.05) is 27.4 Å². The average Bonchev–Trinajstić information content (AvgIpc) is 3.03. The molecule has 3 aromatic rings. The van der Waals surface area contributed by atoms with E-state index in [0.717, 1.165) is 5.56 Å². The number of carbonyl (C=O) groups excluding carboxylic acids is 2. The fourth-order valence-electron chi connectivity index (χ4n) is 4.54. The van der Waals surface area contributed by atoms with Crippen LogP contribution in [0.15, 0.2) is 75.4 Å². The van der Waals surface area contributed by atoms with Gasteiger partial charge >= 0.3 is 12.0 Å². The lowest BCUT2D eigenvalue weighted by Gasteiger charge is -2.28. The Bertz CT molecular complexity index is 1620. The van der Waals surface area contributed by atoms with Gasteiger partial charge in [0.15, 0.2) is 29.2 Å². The smallest absolute Gasteiger partial charge is 0.337 e. The number of hydrazone groups is 1. The van der Waals surface area contributed by atoms with Gasteiger partial charge in [0.05, 0.1) is 38.7 Å². The highest BCUT2D eigenvalue weighted by atomic mass is 79.9. The molecule has 0 bridgehead atoms. The van der Waals surface area contributed by atoms with Crippen molar-refractivity contribution in [1.82, 2.24) is 16.1 Å². The second-order valence-electron chi connectivity index (χ2n) is 9.86. The number of hydrogen-bond acceptors (Lipinski definition) is 10. The number of allylic oxidation sites excluding steroid dienone is 1. The van der Waals surface area contributed by atoms with Crippen molar-refractivity contribution in [2.45, 2.75) is 32.7 Å². The predicted molar refractivity (Wildman–Crippen MR) is 170 cm³/mol. The van der Waals surface area contributed by atoms with Crippen molar-refractivity contribution in [3.8, 4) is 23.0 Å². The molecule has 0 unspecified atom stereocenters. The summed E-state index contributed by atoms with van der Waals surface area (Å²) < 4.78 is 41.9. The standard InChI is InChI=1S/C32H34BrFN4O8/c1-5-44-25-13-20(29-28(31(40)43-4)18(2)36-32(41)37-29)8-11-24(25)45-17-27(39)38-35-15-21-12-22(33)14-26(42-3)30(21)46-16-19-6-9-23(34)10-7-19/h6-15,27,29,38-39H,5,16-17H2,1-4H3,(H2,36,37,41)/b35-15+/t27-,29+/m0/s1. The zero-order chi connectivity index (χ0) is 33.2. The molecule has 12 nitrogen and oxygen atoms in total. The van der Waals surface area contributed by atoms with Crippen molar-refractivity contribution in [3.05, 3.63) is 92.8 Å². The van der Waals surface area contributed by atoms with E-state index in [0.29, 0.717) is 50.9 Å². The highest BCUT2D eigenvalue weighted by Gasteiger charge is 2.32. The van der Waals surface area contributed by atoms with Crippen LogP contribution < -0.4 is 35.0 Å². The maximum absolute atomic E-state index is 13.3. The van der Waals surface area contributed by atoms with E-state index in [1.807, 2.05) is 0 Å². The summed E-state index contributed by atoms with van der Waals surface area (Å²) in [6, 6.07) is 13.2. The monoisotopic (exact) mass is 700 g/mol. The average molecular weight is 702 g/mol. The summed E-state index contributed by atoms with van der Waals surface area (Å²) in [5.41, 5.74) is 5.11. The van der Waals surface area contributed by atoms with Gasteiger partial charge in [0.25, 0.3) is 0 Å². The molecule has 0 fully saturated rings. The number of rotatable bonds is 14. The summed E-state index contributed by atoms with van der Waals surface area (Å²) in [6.07, 6.45) is 0.238. The number of nitrogens with zero attached hydrogens (tertiary/aromatic N) is 1. The molecule has 0 saturated heterocycles. The summed E-state index contributed by atoms with van der Waals surface area (Å²) in [5, 5.41) is 20.0. The molecule has 1 heterocycles. The zero-order valence-electron chi connectivity index (χ0n) is 25.6. The first-order valence-corrected chi connectivity index (χ1v) is 14.9. The van der Waals surface area contributed by atoms with Gasteiger partial charge in [0, 0.05) is 15.7 Å². The van der Waals surface area contributed by atoms with E-state index in [-0.39, 0.29) is 24.6 Å². The van der Waals surface area contributed by atoms with Gasteiger partial charge in [-0.1, -0.05) is 34.1 Å². The number of aliphatic hydroxyl groups is 1. The number of esters is 1. The minimum Gasteiger partial charge on any atom is -0.493 e. The molecule has 0 spiro atoms. The van der Waals surface area contributed by atoms with Crippen LogP contribution in [0, 0.1) is 5.82 Å². The number of aliphatic hydroxyl groups excluding tert-OH is 1. The molecule has 0 aliphatic carbocycles. The van der Waals surface area contributed by atoms with Crippen LogP contribution in [-0.4, -0.2) is 57.0 Å². The fourth-order valence-corrected chi connectivity index (χ4v) is 5.00. The first-order valence-electron chi connectivity index (χ1n) is 14.1. The van der Waals surface area contributed by atoms with Crippen LogP contribution in [0.5, 0.6) is 23.0 Å². The molecule has 46 heavy (non-hydrogen) atoms. The first kappa shape index (κ1) is 34.1. The van der Waals surface area contributed by atoms with Gasteiger partial charge in [-0.15, -0.1) is 0 Å². The van der Waals surface area contributed by atoms with Crippen molar-refractivity contribution < 1.29 is 42.8 Å². The van der Waals surface area contributed by atoms with Crippen molar-refractivity contribution in [1.29, 1.82) is 0 Å². The summed E-state index contributed by atoms with van der Waals surface area (Å²) >= 11 is 3.44. The molecule has 4 N–H and O–H groups in total. The van der Waals surface area contributed by atoms with E-state index in [1.54, 1.807) is 56.3 Å². The number of amides is 2. The molecule has 244 valence electrons. The number of methoxy groups -OCH3 is 2. The second-order valence-corrected chi connectivity index (χ2v) is 10.8. The van der Waals surface area contributed by atoms with E-state index in [9.17, 15) is 19.1 Å². The van der Waals surface area contributed by atoms with E-state index >= 15 is 0 Å². The second kappa shape index (κ2) is 16.0. The molecule has 14 heteroatoms. The summed E-state index contributed by atoms with van der Waals surface area (Å²) in [7, 11) is 2.77. The topological polar surface area (TPSA) is 149 Å². The van der Waals surface area contributed by atoms with Gasteiger partial charge in [-0.2, -0.15) is 5.10 Å². The Hall–Kier alpha value is -4.82. The largest absolute Gasteiger partial charge is 0.493 e. The number of benzene rings is 3. The molecule has 2 atom stereocenters. The number of nitrogens with one attached hydrogen (secondary N) is 3. The maximum atomic E-state index is 13.3. The van der Waals surface area contributed by atoms with Gasteiger partial charge in [-0.25, -0.2) is 14.0 Å². The van der Waals surface area contributed by atoms with Gasteiger partial charge in [-0.3, -0.25) is 5.43 Å². The van der Waals surface area contributed by atoms with Gasteiger partial charge in [0.1, 0.15) is 19.0 Å². The van der Waals surface area contributed by atoms with Crippen LogP contribution in [-0.2, 0) is 16.1 Å². The zero-order valence-corrected chi connectivity index (χ0v) is 27.1. The first-order chi connectivity index (χ1) is 22.1. The Morgan fingerprint density at radius 2 is 1.85 bits per heavy atom. The third-order valence-electron chi connectivity index (χ3n) is 6.66. The lowest BCUT2D eigenvalue weighted by molar-refractivity contribution is -0.136. The quantitative estimate of drug-likeness (QED) is 0.0813. The molecule has 4 rings (SSSR count). The van der Waals surface area contributed by atoms with E-state index < -0.39 is 24.3 Å². The molecular weight excluding hydrogens is 667 g/mol. The van der Waals surface area contributed by atoms with Gasteiger partial charge in [-0.05, 0) is 61.4 Å². The minimum absolute atomic E-state index is 0.161. The molecule has 0 aromatic heterocycles. The molecule has 2 amide bonds. The lowest BCUT2D eigenvalue weighted by Crippen LogP contribution is -2.45. The Morgan fingerprint density at radius 3 is 2.54 bits per heavy atom. The van der Waals surface area contributed by atoms with Crippen LogP contribution in [0.1, 0.15) is 36.6 Å². The summed E-state index contributed by atoms with van der Waals surface area (Å²) in [5.74, 6) is 0.585. The van der Waals surface area contributed by atoms with E-state index in [1.165, 1.54) is 32.6 Å². The highest BCUT2D eigenvalue weighted by molar-refractivity contribution is 9.10. The van der Waals surface area contributed by atoms with Crippen LogP contribution in [0.25, 0.3) is 0 Å². The highest BCUT2D eigenvalue weighted by Crippen LogP contribution is 2.36. The Kier molecular flexibility index (Phi) is 11.8. The van der Waals surface area contributed by atoms with Crippen LogP contribution in [0.3, 0.4) is 0 Å². The van der Waals surface area contributed by atoms with Crippen molar-refractivity contribution in [2.24, 2.45) is 5.10 Å². The lowest BCUT2D eigenvalue weighted by atomic mass is 9.95. The van der Waals surface area contributed by atoms with Gasteiger partial charge in [0.2, 0.25) is 0 Å². The number of halogens is 2. The van der Waals surface area contributed by atoms with Crippen LogP contribution >= 0.6 is 15.9 Å². The number of ether oxygens (including phenoxy) is 5. The third kappa shape index (κ3) is 8.67. The van der Waals surface area contributed by atoms with Crippen LogP contribution in [0.4, 0.5) is 9.18 Å². The minimum atomic E-state index is -1.22. The fraction of sp³-hybridized carbons (Fsp3) is 0.281. The molecular formula is C32H34BrFN4O8. The predicted octanol–water partition coefficient (Wildman–Crippen LogP) is 4.70. The maximum Gasteiger partial charge on any atom is 0.337 e. The number of hydrogen-bond donors (Lipinski definition) is 4. The van der Waals surface area contributed by atoms with Crippen molar-refractivity contribution in [3.63, 3.8) is 0 Å². The number of carbonyl (C=O) groups is 2. The van der Waals surface area contributed by atoms with Crippen molar-refractivity contribution >= 4 is 34.1 Å². The molecule has 3 aromatic carbocycles. The number of urea groups is 1. The Balaban J connectivity index is 1.44.